The number of para-hydroxylation sites is 1. The second-order valence-corrected chi connectivity index (χ2v) is 7.68. The van der Waals surface area contributed by atoms with Crippen LogP contribution in [0.1, 0.15) is 69.7 Å². The van der Waals surface area contributed by atoms with Crippen LogP contribution >= 0.6 is 0 Å². The van der Waals surface area contributed by atoms with Crippen molar-refractivity contribution >= 4 is 11.8 Å². The van der Waals surface area contributed by atoms with E-state index in [1.807, 2.05) is 26.8 Å². The lowest BCUT2D eigenvalue weighted by Crippen LogP contribution is -2.57. The molecular weight excluding hydrogens is 316 g/mol. The lowest BCUT2D eigenvalue weighted by molar-refractivity contribution is -0.131. The summed E-state index contributed by atoms with van der Waals surface area (Å²) in [5, 5.41) is 1.44. The number of benzene rings is 1. The van der Waals surface area contributed by atoms with Crippen molar-refractivity contribution in [2.45, 2.75) is 64.8 Å². The number of amides is 2. The predicted octanol–water partition coefficient (Wildman–Crippen LogP) is 3.94. The second-order valence-electron chi connectivity index (χ2n) is 7.68. The number of ether oxygens (including phenoxy) is 1. The van der Waals surface area contributed by atoms with Gasteiger partial charge in [-0.25, -0.2) is 5.01 Å². The lowest BCUT2D eigenvalue weighted by atomic mass is 9.99. The molecule has 5 nitrogen and oxygen atoms in total. The monoisotopic (exact) mass is 346 g/mol. The van der Waals surface area contributed by atoms with Crippen molar-refractivity contribution in [3.05, 3.63) is 29.8 Å². The van der Waals surface area contributed by atoms with Gasteiger partial charge in [0, 0.05) is 5.92 Å². The molecule has 0 aliphatic heterocycles. The fraction of sp³-hybridized carbons (Fsp3) is 0.600. The summed E-state index contributed by atoms with van der Waals surface area (Å²) in [4.78, 5) is 25.9. The molecule has 2 amide bonds. The van der Waals surface area contributed by atoms with E-state index >= 15 is 0 Å². The van der Waals surface area contributed by atoms with Gasteiger partial charge in [-0.15, -0.1) is 0 Å². The Bertz CT molecular complexity index is 599. The zero-order chi connectivity index (χ0) is 18.4. The van der Waals surface area contributed by atoms with E-state index < -0.39 is 5.54 Å². The first kappa shape index (κ1) is 19.3. The van der Waals surface area contributed by atoms with Crippen molar-refractivity contribution in [3.8, 4) is 5.75 Å². The first-order valence-corrected chi connectivity index (χ1v) is 9.12. The molecule has 5 heteroatoms. The molecule has 1 saturated carbocycles. The summed E-state index contributed by atoms with van der Waals surface area (Å²) in [6.45, 7) is 5.73. The minimum Gasteiger partial charge on any atom is -0.496 e. The Hall–Kier alpha value is -2.04. The summed E-state index contributed by atoms with van der Waals surface area (Å²) in [5.74, 6) is 0.176. The molecule has 0 atom stereocenters. The van der Waals surface area contributed by atoms with Gasteiger partial charge >= 0.3 is 0 Å². The van der Waals surface area contributed by atoms with E-state index in [0.717, 1.165) is 25.7 Å². The number of hydrazine groups is 1. The van der Waals surface area contributed by atoms with Gasteiger partial charge in [-0.05, 0) is 45.7 Å². The fourth-order valence-electron chi connectivity index (χ4n) is 3.21. The maximum atomic E-state index is 13.1. The quantitative estimate of drug-likeness (QED) is 0.666. The third-order valence-corrected chi connectivity index (χ3v) is 4.66. The molecule has 0 spiro atoms. The Kier molecular flexibility index (Phi) is 6.45. The number of nitrogens with zero attached hydrogens (tertiary/aromatic N) is 1. The maximum absolute atomic E-state index is 13.1. The number of methoxy groups -OCH3 is 1. The number of hydrogen-bond donors (Lipinski definition) is 1. The Morgan fingerprint density at radius 3 is 2.24 bits per heavy atom. The highest BCUT2D eigenvalue weighted by Gasteiger charge is 2.32. The zero-order valence-electron chi connectivity index (χ0n) is 15.8. The molecule has 1 fully saturated rings. The molecule has 25 heavy (non-hydrogen) atoms. The van der Waals surface area contributed by atoms with Gasteiger partial charge in [0.2, 0.25) is 5.91 Å². The minimum atomic E-state index is -0.543. The topological polar surface area (TPSA) is 58.6 Å². The van der Waals surface area contributed by atoms with Gasteiger partial charge in [-0.3, -0.25) is 15.0 Å². The number of rotatable bonds is 3. The van der Waals surface area contributed by atoms with Crippen LogP contribution in [0.5, 0.6) is 5.75 Å². The molecule has 0 bridgehead atoms. The Morgan fingerprint density at radius 2 is 1.68 bits per heavy atom. The Morgan fingerprint density at radius 1 is 1.08 bits per heavy atom. The van der Waals surface area contributed by atoms with Crippen LogP contribution in [0.4, 0.5) is 0 Å². The van der Waals surface area contributed by atoms with Crippen LogP contribution in [-0.2, 0) is 4.79 Å². The van der Waals surface area contributed by atoms with Gasteiger partial charge in [0.15, 0.2) is 0 Å². The molecule has 1 aliphatic rings. The van der Waals surface area contributed by atoms with E-state index in [2.05, 4.69) is 5.43 Å². The summed E-state index contributed by atoms with van der Waals surface area (Å²) in [6.07, 6.45) is 6.32. The molecule has 0 heterocycles. The first-order valence-electron chi connectivity index (χ1n) is 9.12. The molecule has 0 radical (unpaired) electrons. The van der Waals surface area contributed by atoms with Crippen molar-refractivity contribution in [1.82, 2.24) is 10.4 Å². The maximum Gasteiger partial charge on any atom is 0.276 e. The van der Waals surface area contributed by atoms with Crippen LogP contribution in [0.2, 0.25) is 0 Å². The third-order valence-electron chi connectivity index (χ3n) is 4.66. The summed E-state index contributed by atoms with van der Waals surface area (Å²) in [5.41, 5.74) is 2.80. The van der Waals surface area contributed by atoms with Gasteiger partial charge < -0.3 is 4.74 Å². The molecule has 2 rings (SSSR count). The molecule has 1 aromatic carbocycles. The smallest absolute Gasteiger partial charge is 0.276 e. The summed E-state index contributed by atoms with van der Waals surface area (Å²) in [6, 6.07) is 7.09. The van der Waals surface area contributed by atoms with E-state index in [1.165, 1.54) is 25.0 Å². The highest BCUT2D eigenvalue weighted by atomic mass is 16.5. The van der Waals surface area contributed by atoms with E-state index in [-0.39, 0.29) is 17.7 Å². The molecule has 0 aromatic heterocycles. The fourth-order valence-corrected chi connectivity index (χ4v) is 3.21. The van der Waals surface area contributed by atoms with Gasteiger partial charge in [0.05, 0.1) is 18.2 Å². The molecule has 0 saturated heterocycles. The summed E-state index contributed by atoms with van der Waals surface area (Å²) >= 11 is 0. The first-order chi connectivity index (χ1) is 11.8. The van der Waals surface area contributed by atoms with Crippen LogP contribution in [0.15, 0.2) is 24.3 Å². The average Bonchev–Trinajstić information content (AvgIpc) is 2.87. The van der Waals surface area contributed by atoms with Crippen LogP contribution in [0.3, 0.4) is 0 Å². The van der Waals surface area contributed by atoms with E-state index in [9.17, 15) is 9.59 Å². The predicted molar refractivity (Wildman–Crippen MR) is 98.3 cm³/mol. The van der Waals surface area contributed by atoms with E-state index in [1.54, 1.807) is 18.2 Å². The highest BCUT2D eigenvalue weighted by molar-refractivity contribution is 5.98. The van der Waals surface area contributed by atoms with Crippen LogP contribution < -0.4 is 10.2 Å². The highest BCUT2D eigenvalue weighted by Crippen LogP contribution is 2.25. The normalized spacial score (nSPS) is 16.0. The Labute approximate surface area is 150 Å². The molecule has 1 aromatic rings. The van der Waals surface area contributed by atoms with Gasteiger partial charge in [0.1, 0.15) is 5.75 Å². The number of carbonyl (C=O) groups excluding carboxylic acids is 2. The molecule has 1 N–H and O–H groups in total. The standard InChI is InChI=1S/C20H30N2O3/c1-20(2,3)22(19(24)16-13-9-10-14-17(16)25-4)21-18(23)15-11-7-5-6-8-12-15/h9-10,13-15H,5-8,11-12H2,1-4H3,(H,21,23). The van der Waals surface area contributed by atoms with Crippen LogP contribution in [0, 0.1) is 5.92 Å². The van der Waals surface area contributed by atoms with Crippen molar-refractivity contribution in [2.75, 3.05) is 7.11 Å². The van der Waals surface area contributed by atoms with Gasteiger partial charge in [0.25, 0.3) is 5.91 Å². The largest absolute Gasteiger partial charge is 0.496 e. The lowest BCUT2D eigenvalue weighted by Gasteiger charge is -2.36. The molecular formula is C20H30N2O3. The number of hydrogen-bond acceptors (Lipinski definition) is 3. The van der Waals surface area contributed by atoms with Crippen molar-refractivity contribution < 1.29 is 14.3 Å². The third kappa shape index (κ3) is 4.97. The van der Waals surface area contributed by atoms with Crippen molar-refractivity contribution in [2.24, 2.45) is 5.92 Å². The van der Waals surface area contributed by atoms with Crippen molar-refractivity contribution in [1.29, 1.82) is 0 Å². The van der Waals surface area contributed by atoms with Crippen LogP contribution in [-0.4, -0.2) is 29.5 Å². The average molecular weight is 346 g/mol. The minimum absolute atomic E-state index is 0.0159. The zero-order valence-corrected chi connectivity index (χ0v) is 15.8. The van der Waals surface area contributed by atoms with Crippen molar-refractivity contribution in [3.63, 3.8) is 0 Å². The summed E-state index contributed by atoms with van der Waals surface area (Å²) in [7, 11) is 1.54. The van der Waals surface area contributed by atoms with Crippen LogP contribution in [0.25, 0.3) is 0 Å². The second kappa shape index (κ2) is 8.37. The molecule has 1 aliphatic carbocycles. The van der Waals surface area contributed by atoms with E-state index in [0.29, 0.717) is 11.3 Å². The SMILES string of the molecule is COc1ccccc1C(=O)N(NC(=O)C1CCCCCC1)C(C)(C)C. The molecule has 138 valence electrons. The van der Waals surface area contributed by atoms with Gasteiger partial charge in [-0.2, -0.15) is 0 Å². The molecule has 0 unspecified atom stereocenters. The summed E-state index contributed by atoms with van der Waals surface area (Å²) < 4.78 is 5.31. The number of carbonyl (C=O) groups is 2. The number of nitrogens with one attached hydrogen (secondary N) is 1. The van der Waals surface area contributed by atoms with E-state index in [4.69, 9.17) is 4.74 Å². The Balaban J connectivity index is 2.21. The van der Waals surface area contributed by atoms with Gasteiger partial charge in [-0.1, -0.05) is 37.8 Å².